The molecule has 158 valence electrons. The van der Waals surface area contributed by atoms with Crippen LogP contribution in [0.2, 0.25) is 5.02 Å². The summed E-state index contributed by atoms with van der Waals surface area (Å²) in [6.45, 7) is 2.11. The molecule has 1 aromatic carbocycles. The van der Waals surface area contributed by atoms with Crippen LogP contribution >= 0.6 is 11.6 Å². The number of carbonyl (C=O) groups excluding carboxylic acids is 1. The highest BCUT2D eigenvalue weighted by molar-refractivity contribution is 6.33. The molecule has 0 spiro atoms. The molecule has 9 heteroatoms. The minimum Gasteiger partial charge on any atom is -0.465 e. The smallest absolute Gasteiger partial charge is 0.337 e. The van der Waals surface area contributed by atoms with Gasteiger partial charge in [0, 0.05) is 23.9 Å². The minimum atomic E-state index is -0.470. The molecule has 0 fully saturated rings. The number of nitriles is 1. The molecular formula is C22H19ClN4O4. The lowest BCUT2D eigenvalue weighted by Gasteiger charge is -2.08. The predicted octanol–water partition coefficient (Wildman–Crippen LogP) is 4.55. The molecule has 2 aromatic heterocycles. The number of benzene rings is 1. The van der Waals surface area contributed by atoms with Crippen LogP contribution in [0.1, 0.15) is 32.9 Å². The Hall–Kier alpha value is -3.67. The second-order valence-electron chi connectivity index (χ2n) is 6.45. The van der Waals surface area contributed by atoms with Gasteiger partial charge in [-0.1, -0.05) is 11.6 Å². The number of ether oxygens (including phenoxy) is 2. The Balaban J connectivity index is 1.82. The molecule has 0 aliphatic carbocycles. The van der Waals surface area contributed by atoms with E-state index in [0.29, 0.717) is 39.1 Å². The number of hydrogen-bond donors (Lipinski definition) is 1. The molecule has 1 N–H and O–H groups in total. The van der Waals surface area contributed by atoms with E-state index >= 15 is 0 Å². The highest BCUT2D eigenvalue weighted by Crippen LogP contribution is 2.30. The van der Waals surface area contributed by atoms with Gasteiger partial charge in [0.15, 0.2) is 5.82 Å². The Morgan fingerprint density at radius 3 is 2.84 bits per heavy atom. The molecule has 8 nitrogen and oxygen atoms in total. The van der Waals surface area contributed by atoms with E-state index < -0.39 is 5.97 Å². The van der Waals surface area contributed by atoms with Gasteiger partial charge >= 0.3 is 5.97 Å². The molecule has 3 rings (SSSR count). The van der Waals surface area contributed by atoms with Crippen LogP contribution in [0.3, 0.4) is 0 Å². The number of methoxy groups -OCH3 is 2. The van der Waals surface area contributed by atoms with E-state index in [1.807, 2.05) is 6.92 Å². The van der Waals surface area contributed by atoms with Crippen molar-refractivity contribution >= 4 is 29.6 Å². The van der Waals surface area contributed by atoms with Crippen molar-refractivity contribution in [3.63, 3.8) is 0 Å². The van der Waals surface area contributed by atoms with Crippen LogP contribution in [-0.4, -0.2) is 31.4 Å². The molecule has 0 saturated carbocycles. The first kappa shape index (κ1) is 22.0. The lowest BCUT2D eigenvalue weighted by Crippen LogP contribution is -2.03. The van der Waals surface area contributed by atoms with Crippen molar-refractivity contribution in [1.29, 1.82) is 5.26 Å². The second-order valence-corrected chi connectivity index (χ2v) is 6.86. The van der Waals surface area contributed by atoms with Crippen molar-refractivity contribution < 1.29 is 18.7 Å². The number of aryl methyl sites for hydroxylation is 1. The normalized spacial score (nSPS) is 10.8. The highest BCUT2D eigenvalue weighted by Gasteiger charge is 2.14. The van der Waals surface area contributed by atoms with Crippen LogP contribution in [0.25, 0.3) is 11.3 Å². The van der Waals surface area contributed by atoms with Crippen LogP contribution in [-0.2, 0) is 16.1 Å². The molecule has 0 aliphatic rings. The van der Waals surface area contributed by atoms with Crippen molar-refractivity contribution in [2.24, 2.45) is 5.10 Å². The number of carbonyl (C=O) groups is 1. The summed E-state index contributed by atoms with van der Waals surface area (Å²) in [5, 5.41) is 14.0. The summed E-state index contributed by atoms with van der Waals surface area (Å²) in [6, 6.07) is 12.1. The highest BCUT2D eigenvalue weighted by atomic mass is 35.5. The predicted molar refractivity (Wildman–Crippen MR) is 116 cm³/mol. The van der Waals surface area contributed by atoms with Gasteiger partial charge in [-0.15, -0.1) is 0 Å². The number of hydrogen-bond acceptors (Lipinski definition) is 8. The molecule has 0 atom stereocenters. The number of pyridine rings is 1. The van der Waals surface area contributed by atoms with E-state index in [9.17, 15) is 10.1 Å². The van der Waals surface area contributed by atoms with Gasteiger partial charge in [-0.05, 0) is 43.3 Å². The summed E-state index contributed by atoms with van der Waals surface area (Å²) in [6.07, 6.45) is 1.45. The summed E-state index contributed by atoms with van der Waals surface area (Å²) >= 11 is 6.25. The molecule has 31 heavy (non-hydrogen) atoms. The van der Waals surface area contributed by atoms with Gasteiger partial charge in [-0.25, -0.2) is 9.78 Å². The number of furan rings is 1. The standard InChI is InChI=1S/C22H19ClN4O4/c1-13-8-15(12-29-2)18(10-24)21(26-13)27-25-11-16-5-7-20(31-16)17-9-14(22(28)30-3)4-6-19(17)23/h4-9,11H,12H2,1-3H3,(H,26,27)/b25-11-. The third-order valence-corrected chi connectivity index (χ3v) is 4.61. The Kier molecular flexibility index (Phi) is 7.03. The van der Waals surface area contributed by atoms with Crippen LogP contribution in [0.15, 0.2) is 45.9 Å². The monoisotopic (exact) mass is 438 g/mol. The maximum Gasteiger partial charge on any atom is 0.337 e. The third kappa shape index (κ3) is 5.09. The first-order chi connectivity index (χ1) is 15.0. The number of anilines is 1. The second kappa shape index (κ2) is 9.89. The SMILES string of the molecule is COCc1cc(C)nc(N/N=C\c2ccc(-c3cc(C(=O)OC)ccc3Cl)o2)c1C#N. The largest absolute Gasteiger partial charge is 0.465 e. The minimum absolute atomic E-state index is 0.289. The first-order valence-corrected chi connectivity index (χ1v) is 9.51. The number of rotatable bonds is 7. The average molecular weight is 439 g/mol. The number of nitrogens with one attached hydrogen (secondary N) is 1. The summed E-state index contributed by atoms with van der Waals surface area (Å²) in [5.74, 6) is 0.755. The number of nitrogens with zero attached hydrogens (tertiary/aromatic N) is 3. The fourth-order valence-corrected chi connectivity index (χ4v) is 3.11. The van der Waals surface area contributed by atoms with E-state index in [-0.39, 0.29) is 6.61 Å². The van der Waals surface area contributed by atoms with Crippen LogP contribution in [0.5, 0.6) is 0 Å². The zero-order chi connectivity index (χ0) is 22.4. The lowest BCUT2D eigenvalue weighted by atomic mass is 10.1. The quantitative estimate of drug-likeness (QED) is 0.327. The Morgan fingerprint density at radius 2 is 2.13 bits per heavy atom. The van der Waals surface area contributed by atoms with Gasteiger partial charge in [0.1, 0.15) is 23.2 Å². The van der Waals surface area contributed by atoms with Gasteiger partial charge in [0.05, 0.1) is 30.5 Å². The van der Waals surface area contributed by atoms with E-state index in [4.69, 9.17) is 25.5 Å². The summed E-state index contributed by atoms with van der Waals surface area (Å²) in [4.78, 5) is 16.1. The molecule has 0 radical (unpaired) electrons. The number of halogens is 1. The zero-order valence-electron chi connectivity index (χ0n) is 17.1. The summed E-state index contributed by atoms with van der Waals surface area (Å²) in [7, 11) is 2.87. The van der Waals surface area contributed by atoms with Crippen molar-refractivity contribution in [3.05, 3.63) is 69.6 Å². The Bertz CT molecular complexity index is 1180. The van der Waals surface area contributed by atoms with Gasteiger partial charge in [-0.2, -0.15) is 10.4 Å². The average Bonchev–Trinajstić information content (AvgIpc) is 3.22. The molecule has 2 heterocycles. The molecule has 0 aliphatic heterocycles. The lowest BCUT2D eigenvalue weighted by molar-refractivity contribution is 0.0601. The van der Waals surface area contributed by atoms with Gasteiger partial charge in [0.25, 0.3) is 0 Å². The van der Waals surface area contributed by atoms with Crippen LogP contribution in [0, 0.1) is 18.3 Å². The fourth-order valence-electron chi connectivity index (χ4n) is 2.90. The molecular weight excluding hydrogens is 420 g/mol. The van der Waals surface area contributed by atoms with E-state index in [0.717, 1.165) is 11.3 Å². The first-order valence-electron chi connectivity index (χ1n) is 9.13. The Morgan fingerprint density at radius 1 is 1.32 bits per heavy atom. The molecule has 0 bridgehead atoms. The van der Waals surface area contributed by atoms with Crippen LogP contribution in [0.4, 0.5) is 5.82 Å². The maximum absolute atomic E-state index is 11.8. The van der Waals surface area contributed by atoms with E-state index in [1.54, 1.807) is 43.5 Å². The van der Waals surface area contributed by atoms with Crippen molar-refractivity contribution in [2.75, 3.05) is 19.6 Å². The summed E-state index contributed by atoms with van der Waals surface area (Å²) < 4.78 is 15.6. The van der Waals surface area contributed by atoms with Gasteiger partial charge in [0.2, 0.25) is 0 Å². The maximum atomic E-state index is 11.8. The van der Waals surface area contributed by atoms with Gasteiger partial charge < -0.3 is 13.9 Å². The molecule has 3 aromatic rings. The number of aromatic nitrogens is 1. The fraction of sp³-hybridized carbons (Fsp3) is 0.182. The van der Waals surface area contributed by atoms with Crippen LogP contribution < -0.4 is 5.43 Å². The molecule has 0 amide bonds. The zero-order valence-corrected chi connectivity index (χ0v) is 17.9. The molecule has 0 saturated heterocycles. The van der Waals surface area contributed by atoms with Crippen molar-refractivity contribution in [2.45, 2.75) is 13.5 Å². The summed E-state index contributed by atoms with van der Waals surface area (Å²) in [5.41, 5.74) is 5.49. The topological polar surface area (TPSA) is 110 Å². The Labute approximate surface area is 184 Å². The molecule has 0 unspecified atom stereocenters. The van der Waals surface area contributed by atoms with Crippen molar-refractivity contribution in [1.82, 2.24) is 4.98 Å². The number of hydrazone groups is 1. The number of esters is 1. The van der Waals surface area contributed by atoms with Crippen molar-refractivity contribution in [3.8, 4) is 17.4 Å². The van der Waals surface area contributed by atoms with E-state index in [2.05, 4.69) is 21.6 Å². The van der Waals surface area contributed by atoms with Gasteiger partial charge in [-0.3, -0.25) is 5.43 Å². The third-order valence-electron chi connectivity index (χ3n) is 4.28. The van der Waals surface area contributed by atoms with E-state index in [1.165, 1.54) is 13.3 Å².